The third kappa shape index (κ3) is 4.61. The molecule has 9 heteroatoms. The Balaban J connectivity index is 1.85. The van der Waals surface area contributed by atoms with Crippen molar-refractivity contribution in [2.24, 2.45) is 0 Å². The minimum absolute atomic E-state index is 0.0174. The van der Waals surface area contributed by atoms with Crippen LogP contribution in [0.15, 0.2) is 42.5 Å². The van der Waals surface area contributed by atoms with Crippen molar-refractivity contribution in [1.82, 2.24) is 10.6 Å². The van der Waals surface area contributed by atoms with Crippen LogP contribution in [0.4, 0.5) is 19.3 Å². The number of nitrogens with zero attached hydrogens (tertiary/aromatic N) is 1. The molecule has 7 nitrogen and oxygen atoms in total. The van der Waals surface area contributed by atoms with E-state index >= 15 is 0 Å². The third-order valence-corrected chi connectivity index (χ3v) is 4.81. The molecular formula is C21H23F2N3O4. The Bertz CT molecular complexity index is 923. The zero-order chi connectivity index (χ0) is 21.7. The summed E-state index contributed by atoms with van der Waals surface area (Å²) < 4.78 is 35.4. The number of nitrogens with one attached hydrogen (secondary N) is 2. The Hall–Kier alpha value is -3.36. The van der Waals surface area contributed by atoms with Crippen LogP contribution in [0, 0.1) is 0 Å². The van der Waals surface area contributed by atoms with Crippen molar-refractivity contribution in [3.63, 3.8) is 0 Å². The highest BCUT2D eigenvalue weighted by atomic mass is 19.3. The predicted octanol–water partition coefficient (Wildman–Crippen LogP) is 3.71. The van der Waals surface area contributed by atoms with E-state index in [0.717, 1.165) is 0 Å². The van der Waals surface area contributed by atoms with E-state index in [-0.39, 0.29) is 11.8 Å². The molecule has 160 valence electrons. The molecular weight excluding hydrogens is 396 g/mol. The Kier molecular flexibility index (Phi) is 6.71. The molecule has 2 aromatic carbocycles. The molecule has 1 atom stereocenters. The number of hydrogen-bond acceptors (Lipinski definition) is 4. The summed E-state index contributed by atoms with van der Waals surface area (Å²) in [5, 5.41) is 5.56. The standard InChI is InChI=1S/C21H23F2N3O4/c1-3-15(14-6-4-5-7-17(14)30-20(22)23)25-19(27)13-8-9-18(29-2)16(12-13)26-11-10-24-21(26)28/h4-9,12,15,20H,3,10-11H2,1-2H3,(H,24,28)(H,25,27). The van der Waals surface area contributed by atoms with Gasteiger partial charge in [-0.3, -0.25) is 9.69 Å². The molecule has 0 aliphatic carbocycles. The van der Waals surface area contributed by atoms with Crippen molar-refractivity contribution >= 4 is 17.6 Å². The number of hydrogen-bond donors (Lipinski definition) is 2. The third-order valence-electron chi connectivity index (χ3n) is 4.81. The fourth-order valence-electron chi connectivity index (χ4n) is 3.36. The van der Waals surface area contributed by atoms with Crippen molar-refractivity contribution in [2.75, 3.05) is 25.1 Å². The first-order chi connectivity index (χ1) is 14.4. The average molecular weight is 419 g/mol. The first-order valence-corrected chi connectivity index (χ1v) is 9.52. The quantitative estimate of drug-likeness (QED) is 0.684. The first-order valence-electron chi connectivity index (χ1n) is 9.52. The van der Waals surface area contributed by atoms with E-state index in [1.54, 1.807) is 36.4 Å². The molecule has 0 spiro atoms. The molecule has 1 aliphatic rings. The number of methoxy groups -OCH3 is 1. The lowest BCUT2D eigenvalue weighted by atomic mass is 10.0. The summed E-state index contributed by atoms with van der Waals surface area (Å²) in [6.07, 6.45) is 0.465. The van der Waals surface area contributed by atoms with Gasteiger partial charge in [-0.25, -0.2) is 4.79 Å². The van der Waals surface area contributed by atoms with Gasteiger partial charge in [0.2, 0.25) is 0 Å². The van der Waals surface area contributed by atoms with Gasteiger partial charge < -0.3 is 20.1 Å². The van der Waals surface area contributed by atoms with Crippen LogP contribution in [-0.2, 0) is 0 Å². The highest BCUT2D eigenvalue weighted by molar-refractivity contribution is 6.00. The van der Waals surface area contributed by atoms with Crippen LogP contribution in [0.5, 0.6) is 11.5 Å². The maximum absolute atomic E-state index is 12.9. The molecule has 1 saturated heterocycles. The van der Waals surface area contributed by atoms with Gasteiger partial charge in [0.25, 0.3) is 5.91 Å². The number of para-hydroxylation sites is 1. The number of amides is 3. The molecule has 3 amide bonds. The van der Waals surface area contributed by atoms with E-state index in [9.17, 15) is 18.4 Å². The van der Waals surface area contributed by atoms with Gasteiger partial charge in [-0.1, -0.05) is 25.1 Å². The van der Waals surface area contributed by atoms with E-state index in [0.29, 0.717) is 42.1 Å². The average Bonchev–Trinajstić information content (AvgIpc) is 3.17. The number of alkyl halides is 2. The van der Waals surface area contributed by atoms with Crippen LogP contribution >= 0.6 is 0 Å². The molecule has 0 aromatic heterocycles. The topological polar surface area (TPSA) is 79.9 Å². The second kappa shape index (κ2) is 9.43. The molecule has 1 aliphatic heterocycles. The summed E-state index contributed by atoms with van der Waals surface area (Å²) >= 11 is 0. The molecule has 1 heterocycles. The SMILES string of the molecule is CCC(NC(=O)c1ccc(OC)c(N2CCNC2=O)c1)c1ccccc1OC(F)F. The number of halogens is 2. The molecule has 1 unspecified atom stereocenters. The van der Waals surface area contributed by atoms with Crippen LogP contribution in [0.3, 0.4) is 0 Å². The predicted molar refractivity (Wildman–Crippen MR) is 107 cm³/mol. The minimum Gasteiger partial charge on any atom is -0.495 e. The van der Waals surface area contributed by atoms with Gasteiger partial charge in [0.1, 0.15) is 11.5 Å². The summed E-state index contributed by atoms with van der Waals surface area (Å²) in [4.78, 5) is 26.5. The summed E-state index contributed by atoms with van der Waals surface area (Å²) in [6, 6.07) is 10.3. The monoisotopic (exact) mass is 419 g/mol. The molecule has 1 fully saturated rings. The summed E-state index contributed by atoms with van der Waals surface area (Å²) in [7, 11) is 1.49. The van der Waals surface area contributed by atoms with Gasteiger partial charge in [0.05, 0.1) is 18.8 Å². The van der Waals surface area contributed by atoms with Gasteiger partial charge >= 0.3 is 12.6 Å². The number of anilines is 1. The number of urea groups is 1. The molecule has 0 bridgehead atoms. The normalized spacial score (nSPS) is 14.4. The zero-order valence-electron chi connectivity index (χ0n) is 16.7. The second-order valence-electron chi connectivity index (χ2n) is 6.62. The van der Waals surface area contributed by atoms with Crippen molar-refractivity contribution in [1.29, 1.82) is 0 Å². The van der Waals surface area contributed by atoms with Gasteiger partial charge in [0, 0.05) is 24.2 Å². The molecule has 30 heavy (non-hydrogen) atoms. The van der Waals surface area contributed by atoms with Crippen molar-refractivity contribution < 1.29 is 27.8 Å². The van der Waals surface area contributed by atoms with E-state index in [1.165, 1.54) is 18.1 Å². The molecule has 0 saturated carbocycles. The highest BCUT2D eigenvalue weighted by Gasteiger charge is 2.26. The summed E-state index contributed by atoms with van der Waals surface area (Å²) in [5.41, 5.74) is 1.26. The van der Waals surface area contributed by atoms with E-state index in [4.69, 9.17) is 4.74 Å². The maximum atomic E-state index is 12.9. The number of ether oxygens (including phenoxy) is 2. The maximum Gasteiger partial charge on any atom is 0.387 e. The lowest BCUT2D eigenvalue weighted by molar-refractivity contribution is -0.0506. The van der Waals surface area contributed by atoms with E-state index in [2.05, 4.69) is 15.4 Å². The van der Waals surface area contributed by atoms with Crippen molar-refractivity contribution in [3.05, 3.63) is 53.6 Å². The Morgan fingerprint density at radius 1 is 1.23 bits per heavy atom. The fraction of sp³-hybridized carbons (Fsp3) is 0.333. The van der Waals surface area contributed by atoms with Crippen LogP contribution in [0.2, 0.25) is 0 Å². The zero-order valence-corrected chi connectivity index (χ0v) is 16.7. The number of rotatable bonds is 8. The fourth-order valence-corrected chi connectivity index (χ4v) is 3.36. The Morgan fingerprint density at radius 2 is 2.00 bits per heavy atom. The lowest BCUT2D eigenvalue weighted by Gasteiger charge is -2.22. The van der Waals surface area contributed by atoms with Gasteiger partial charge in [-0.05, 0) is 30.7 Å². The number of carbonyl (C=O) groups excluding carboxylic acids is 2. The van der Waals surface area contributed by atoms with E-state index < -0.39 is 18.6 Å². The largest absolute Gasteiger partial charge is 0.495 e. The summed E-state index contributed by atoms with van der Waals surface area (Å²) in [5.74, 6) is 0.0762. The van der Waals surface area contributed by atoms with Crippen LogP contribution < -0.4 is 25.0 Å². The molecule has 3 rings (SSSR count). The smallest absolute Gasteiger partial charge is 0.387 e. The molecule has 0 radical (unpaired) electrons. The first kappa shape index (κ1) is 21.4. The molecule has 2 aromatic rings. The van der Waals surface area contributed by atoms with Crippen molar-refractivity contribution in [2.45, 2.75) is 26.0 Å². The highest BCUT2D eigenvalue weighted by Crippen LogP contribution is 2.32. The van der Waals surface area contributed by atoms with Crippen LogP contribution in [0.1, 0.15) is 35.3 Å². The van der Waals surface area contributed by atoms with Crippen LogP contribution in [0.25, 0.3) is 0 Å². The summed E-state index contributed by atoms with van der Waals surface area (Å²) in [6.45, 7) is -0.180. The van der Waals surface area contributed by atoms with Gasteiger partial charge in [0.15, 0.2) is 0 Å². The van der Waals surface area contributed by atoms with Gasteiger partial charge in [-0.15, -0.1) is 0 Å². The van der Waals surface area contributed by atoms with Gasteiger partial charge in [-0.2, -0.15) is 8.78 Å². The molecule has 2 N–H and O–H groups in total. The van der Waals surface area contributed by atoms with Crippen LogP contribution in [-0.4, -0.2) is 38.7 Å². The Morgan fingerprint density at radius 3 is 2.63 bits per heavy atom. The van der Waals surface area contributed by atoms with Crippen molar-refractivity contribution in [3.8, 4) is 11.5 Å². The second-order valence-corrected chi connectivity index (χ2v) is 6.62. The number of benzene rings is 2. The van der Waals surface area contributed by atoms with E-state index in [1.807, 2.05) is 6.92 Å². The minimum atomic E-state index is -2.96. The number of carbonyl (C=O) groups is 2. The lowest BCUT2D eigenvalue weighted by Crippen LogP contribution is -2.30. The Labute approximate surface area is 173 Å².